The number of carboxylic acids is 1. The Balaban J connectivity index is 2.28. The van der Waals surface area contributed by atoms with Gasteiger partial charge in [0.15, 0.2) is 5.78 Å². The minimum Gasteiger partial charge on any atom is -0.497 e. The molecule has 2 aromatic rings. The molecular weight excluding hydrogens is 308 g/mol. The first-order valence-corrected chi connectivity index (χ1v) is 7.59. The highest BCUT2D eigenvalue weighted by molar-refractivity contribution is 6.01. The van der Waals surface area contributed by atoms with Crippen molar-refractivity contribution in [2.24, 2.45) is 0 Å². The molecule has 1 N–H and O–H groups in total. The molecule has 0 amide bonds. The summed E-state index contributed by atoms with van der Waals surface area (Å²) in [7, 11) is 3.13. The van der Waals surface area contributed by atoms with Crippen LogP contribution >= 0.6 is 0 Å². The van der Waals surface area contributed by atoms with Crippen molar-refractivity contribution in [3.63, 3.8) is 0 Å². The molecule has 0 aliphatic rings. The molecule has 0 spiro atoms. The van der Waals surface area contributed by atoms with E-state index < -0.39 is 11.9 Å². The van der Waals surface area contributed by atoms with Gasteiger partial charge in [-0.15, -0.1) is 0 Å². The van der Waals surface area contributed by atoms with E-state index in [0.29, 0.717) is 17.1 Å². The minimum atomic E-state index is -0.920. The molecule has 5 nitrogen and oxygen atoms in total. The number of carbonyl (C=O) groups excluding carboxylic acids is 1. The second-order valence-corrected chi connectivity index (χ2v) is 5.35. The first-order valence-electron chi connectivity index (χ1n) is 7.59. The van der Waals surface area contributed by atoms with Gasteiger partial charge in [0.1, 0.15) is 11.5 Å². The summed E-state index contributed by atoms with van der Waals surface area (Å²) < 4.78 is 10.2. The van der Waals surface area contributed by atoms with Gasteiger partial charge in [0.2, 0.25) is 0 Å². The molecule has 0 radical (unpaired) electrons. The lowest BCUT2D eigenvalue weighted by Crippen LogP contribution is -2.15. The van der Waals surface area contributed by atoms with Gasteiger partial charge in [-0.2, -0.15) is 0 Å². The van der Waals surface area contributed by atoms with Crippen LogP contribution in [-0.4, -0.2) is 31.1 Å². The van der Waals surface area contributed by atoms with Crippen LogP contribution in [0.15, 0.2) is 48.5 Å². The zero-order chi connectivity index (χ0) is 17.5. The van der Waals surface area contributed by atoms with Gasteiger partial charge in [-0.05, 0) is 48.4 Å². The van der Waals surface area contributed by atoms with Crippen LogP contribution in [0.25, 0.3) is 0 Å². The average Bonchev–Trinajstić information content (AvgIpc) is 2.62. The number of hydrogen-bond acceptors (Lipinski definition) is 4. The third-order valence-electron chi connectivity index (χ3n) is 3.86. The van der Waals surface area contributed by atoms with E-state index in [4.69, 9.17) is 14.6 Å². The molecule has 2 aromatic carbocycles. The van der Waals surface area contributed by atoms with Gasteiger partial charge in [0.25, 0.3) is 0 Å². The maximum atomic E-state index is 12.8. The van der Waals surface area contributed by atoms with Crippen molar-refractivity contribution < 1.29 is 24.2 Å². The molecule has 126 valence electrons. The van der Waals surface area contributed by atoms with E-state index in [9.17, 15) is 9.59 Å². The molecule has 1 atom stereocenters. The second-order valence-electron chi connectivity index (χ2n) is 5.35. The number of aliphatic carboxylic acids is 1. The molecule has 0 aliphatic carbocycles. The Morgan fingerprint density at radius 1 is 0.917 bits per heavy atom. The van der Waals surface area contributed by atoms with Crippen molar-refractivity contribution in [2.45, 2.75) is 18.8 Å². The molecular formula is C19H20O5. The topological polar surface area (TPSA) is 72.8 Å². The first kappa shape index (κ1) is 17.5. The van der Waals surface area contributed by atoms with E-state index in [1.54, 1.807) is 62.8 Å². The standard InChI is InChI=1S/C19H20O5/c1-23-15-7-3-13(4-8-15)17(11-12-18(20)21)19(22)14-5-9-16(24-2)10-6-14/h3-10,17H,11-12H2,1-2H3,(H,20,21)/t17-/m1/s1. The molecule has 0 aliphatic heterocycles. The average molecular weight is 328 g/mol. The van der Waals surface area contributed by atoms with Gasteiger partial charge in [-0.25, -0.2) is 0 Å². The summed E-state index contributed by atoms with van der Waals surface area (Å²) in [6.45, 7) is 0. The largest absolute Gasteiger partial charge is 0.497 e. The lowest BCUT2D eigenvalue weighted by molar-refractivity contribution is -0.137. The predicted octanol–water partition coefficient (Wildman–Crippen LogP) is 3.54. The van der Waals surface area contributed by atoms with Crippen LogP contribution in [0, 0.1) is 0 Å². The number of ketones is 1. The summed E-state index contributed by atoms with van der Waals surface area (Å²) in [5.41, 5.74) is 1.31. The van der Waals surface area contributed by atoms with Crippen molar-refractivity contribution in [1.29, 1.82) is 0 Å². The summed E-state index contributed by atoms with van der Waals surface area (Å²) in [5, 5.41) is 8.96. The van der Waals surface area contributed by atoms with Crippen molar-refractivity contribution >= 4 is 11.8 Å². The second kappa shape index (κ2) is 8.15. The summed E-state index contributed by atoms with van der Waals surface area (Å²) in [4.78, 5) is 23.8. The maximum absolute atomic E-state index is 12.8. The molecule has 0 heterocycles. The number of methoxy groups -OCH3 is 2. The van der Waals surface area contributed by atoms with E-state index in [2.05, 4.69) is 0 Å². The Kier molecular flexibility index (Phi) is 5.95. The van der Waals surface area contributed by atoms with Crippen molar-refractivity contribution in [2.75, 3.05) is 14.2 Å². The fourth-order valence-corrected chi connectivity index (χ4v) is 2.51. The van der Waals surface area contributed by atoms with Gasteiger partial charge >= 0.3 is 5.97 Å². The van der Waals surface area contributed by atoms with Gasteiger partial charge in [0, 0.05) is 17.9 Å². The maximum Gasteiger partial charge on any atom is 0.303 e. The summed E-state index contributed by atoms with van der Waals surface area (Å²) in [5.74, 6) is -0.189. The smallest absolute Gasteiger partial charge is 0.303 e. The number of benzene rings is 2. The Morgan fingerprint density at radius 3 is 1.88 bits per heavy atom. The molecule has 0 saturated carbocycles. The lowest BCUT2D eigenvalue weighted by Gasteiger charge is -2.16. The first-order chi connectivity index (χ1) is 11.5. The fourth-order valence-electron chi connectivity index (χ4n) is 2.51. The molecule has 0 aromatic heterocycles. The molecule has 0 bridgehead atoms. The number of Topliss-reactive ketones (excluding diaryl/α,β-unsaturated/α-hetero) is 1. The van der Waals surface area contributed by atoms with Crippen LogP contribution in [0.2, 0.25) is 0 Å². The van der Waals surface area contributed by atoms with E-state index in [1.807, 2.05) is 0 Å². The lowest BCUT2D eigenvalue weighted by atomic mass is 9.87. The third-order valence-corrected chi connectivity index (χ3v) is 3.86. The molecule has 0 fully saturated rings. The van der Waals surface area contributed by atoms with Gasteiger partial charge in [0.05, 0.1) is 14.2 Å². The Morgan fingerprint density at radius 2 is 1.42 bits per heavy atom. The predicted molar refractivity (Wildman–Crippen MR) is 89.9 cm³/mol. The molecule has 0 saturated heterocycles. The molecule has 24 heavy (non-hydrogen) atoms. The van der Waals surface area contributed by atoms with Gasteiger partial charge < -0.3 is 14.6 Å². The minimum absolute atomic E-state index is 0.0708. The SMILES string of the molecule is COc1ccc(C(=O)[C@H](CCC(=O)O)c2ccc(OC)cc2)cc1. The monoisotopic (exact) mass is 328 g/mol. The van der Waals surface area contributed by atoms with Gasteiger partial charge in [-0.1, -0.05) is 12.1 Å². The zero-order valence-electron chi connectivity index (χ0n) is 13.7. The van der Waals surface area contributed by atoms with E-state index in [1.165, 1.54) is 0 Å². The highest BCUT2D eigenvalue weighted by atomic mass is 16.5. The van der Waals surface area contributed by atoms with Crippen LogP contribution in [-0.2, 0) is 4.79 Å². The summed E-state index contributed by atoms with van der Waals surface area (Å²) in [6.07, 6.45) is 0.172. The van der Waals surface area contributed by atoms with Crippen LogP contribution < -0.4 is 9.47 Å². The molecule has 2 rings (SSSR count). The Bertz CT molecular complexity index is 689. The van der Waals surface area contributed by atoms with Crippen LogP contribution in [0.3, 0.4) is 0 Å². The number of carboxylic acid groups (broad SMARTS) is 1. The van der Waals surface area contributed by atoms with Gasteiger partial charge in [-0.3, -0.25) is 9.59 Å². The Hall–Kier alpha value is -2.82. The van der Waals surface area contributed by atoms with Crippen molar-refractivity contribution in [3.8, 4) is 11.5 Å². The number of rotatable bonds is 8. The molecule has 5 heteroatoms. The number of hydrogen-bond donors (Lipinski definition) is 1. The van der Waals surface area contributed by atoms with E-state index in [0.717, 1.165) is 5.56 Å². The van der Waals surface area contributed by atoms with E-state index in [-0.39, 0.29) is 18.6 Å². The Labute approximate surface area is 140 Å². The summed E-state index contributed by atoms with van der Waals surface area (Å²) in [6, 6.07) is 14.0. The quantitative estimate of drug-likeness (QED) is 0.750. The van der Waals surface area contributed by atoms with Crippen LogP contribution in [0.5, 0.6) is 11.5 Å². The third kappa shape index (κ3) is 4.35. The number of carbonyl (C=O) groups is 2. The fraction of sp³-hybridized carbons (Fsp3) is 0.263. The molecule has 0 unspecified atom stereocenters. The number of ether oxygens (including phenoxy) is 2. The zero-order valence-corrected chi connectivity index (χ0v) is 13.7. The normalized spacial score (nSPS) is 11.6. The van der Waals surface area contributed by atoms with Crippen LogP contribution in [0.1, 0.15) is 34.7 Å². The summed E-state index contributed by atoms with van der Waals surface area (Å²) >= 11 is 0. The van der Waals surface area contributed by atoms with Crippen molar-refractivity contribution in [1.82, 2.24) is 0 Å². The van der Waals surface area contributed by atoms with E-state index >= 15 is 0 Å². The van der Waals surface area contributed by atoms with Crippen molar-refractivity contribution in [3.05, 3.63) is 59.7 Å². The highest BCUT2D eigenvalue weighted by Gasteiger charge is 2.23. The van der Waals surface area contributed by atoms with Crippen LogP contribution in [0.4, 0.5) is 0 Å². The highest BCUT2D eigenvalue weighted by Crippen LogP contribution is 2.28.